The fourth-order valence-electron chi connectivity index (χ4n) is 2.20. The first-order valence-electron chi connectivity index (χ1n) is 7.01. The van der Waals surface area contributed by atoms with Crippen LogP contribution >= 0.6 is 0 Å². The number of carbonyl (C=O) groups excluding carboxylic acids is 1. The van der Waals surface area contributed by atoms with Crippen LogP contribution in [-0.4, -0.2) is 41.0 Å². The molecule has 1 unspecified atom stereocenters. The van der Waals surface area contributed by atoms with Crippen LogP contribution in [0, 0.1) is 0 Å². The summed E-state index contributed by atoms with van der Waals surface area (Å²) in [5.41, 5.74) is 0.643. The van der Waals surface area contributed by atoms with Gasteiger partial charge in [0.25, 0.3) is 0 Å². The highest BCUT2D eigenvalue weighted by Gasteiger charge is 2.20. The molecule has 1 amide bonds. The van der Waals surface area contributed by atoms with Gasteiger partial charge >= 0.3 is 6.09 Å². The molecule has 1 aliphatic heterocycles. The van der Waals surface area contributed by atoms with Crippen molar-refractivity contribution in [1.29, 1.82) is 0 Å². The average molecular weight is 281 g/mol. The molecule has 1 N–H and O–H groups in total. The molecule has 0 saturated carbocycles. The summed E-state index contributed by atoms with van der Waals surface area (Å²) in [4.78, 5) is 15.7. The second-order valence-electron chi connectivity index (χ2n) is 5.99. The zero-order valence-electron chi connectivity index (χ0n) is 12.4. The van der Waals surface area contributed by atoms with Crippen molar-refractivity contribution in [3.8, 4) is 0 Å². The van der Waals surface area contributed by atoms with Crippen molar-refractivity contribution in [1.82, 2.24) is 14.9 Å². The summed E-state index contributed by atoms with van der Waals surface area (Å²) in [5.74, 6) is 0. The van der Waals surface area contributed by atoms with E-state index in [9.17, 15) is 4.79 Å². The van der Waals surface area contributed by atoms with Crippen LogP contribution in [0.2, 0.25) is 0 Å². The second-order valence-corrected chi connectivity index (χ2v) is 5.99. The van der Waals surface area contributed by atoms with Crippen LogP contribution in [0.15, 0.2) is 12.5 Å². The van der Waals surface area contributed by atoms with E-state index >= 15 is 0 Å². The molecular formula is C14H23N3O3. The van der Waals surface area contributed by atoms with Gasteiger partial charge in [-0.15, -0.1) is 0 Å². The quantitative estimate of drug-likeness (QED) is 0.915. The van der Waals surface area contributed by atoms with Crippen molar-refractivity contribution in [3.63, 3.8) is 0 Å². The van der Waals surface area contributed by atoms with Gasteiger partial charge in [-0.25, -0.2) is 9.78 Å². The first-order valence-corrected chi connectivity index (χ1v) is 7.01. The first kappa shape index (κ1) is 14.8. The normalized spacial score (nSPS) is 19.1. The average Bonchev–Trinajstić information content (AvgIpc) is 2.95. The molecule has 0 radical (unpaired) electrons. The molecule has 1 atom stereocenters. The third kappa shape index (κ3) is 4.23. The van der Waals surface area contributed by atoms with E-state index in [2.05, 4.69) is 14.9 Å². The fraction of sp³-hybridized carbons (Fsp3) is 0.714. The van der Waals surface area contributed by atoms with E-state index in [0.717, 1.165) is 31.7 Å². The summed E-state index contributed by atoms with van der Waals surface area (Å²) in [5, 5.41) is 2.76. The van der Waals surface area contributed by atoms with Crippen LogP contribution in [0.25, 0.3) is 0 Å². The lowest BCUT2D eigenvalue weighted by Gasteiger charge is -2.20. The number of alkyl carbamates (subject to hydrolysis) is 1. The van der Waals surface area contributed by atoms with Crippen molar-refractivity contribution in [3.05, 3.63) is 18.2 Å². The van der Waals surface area contributed by atoms with Gasteiger partial charge in [0.15, 0.2) is 0 Å². The standard InChI is InChI=1S/C14H23N3O3/c1-14(2,3)20-13(18)16-6-4-11-8-15-10-17(11)12-5-7-19-9-12/h8,10,12H,4-7,9H2,1-3H3,(H,16,18). The van der Waals surface area contributed by atoms with E-state index in [1.54, 1.807) is 0 Å². The molecule has 20 heavy (non-hydrogen) atoms. The van der Waals surface area contributed by atoms with E-state index < -0.39 is 5.60 Å². The smallest absolute Gasteiger partial charge is 0.407 e. The maximum atomic E-state index is 11.6. The molecule has 2 rings (SSSR count). The number of hydrogen-bond donors (Lipinski definition) is 1. The largest absolute Gasteiger partial charge is 0.444 e. The van der Waals surface area contributed by atoms with E-state index in [1.807, 2.05) is 33.3 Å². The fourth-order valence-corrected chi connectivity index (χ4v) is 2.20. The maximum Gasteiger partial charge on any atom is 0.407 e. The van der Waals surface area contributed by atoms with Crippen LogP contribution in [0.3, 0.4) is 0 Å². The second kappa shape index (κ2) is 6.26. The zero-order chi connectivity index (χ0) is 14.6. The van der Waals surface area contributed by atoms with Gasteiger partial charge in [0.1, 0.15) is 5.60 Å². The van der Waals surface area contributed by atoms with Crippen molar-refractivity contribution in [2.24, 2.45) is 0 Å². The van der Waals surface area contributed by atoms with Gasteiger partial charge in [-0.05, 0) is 27.2 Å². The monoisotopic (exact) mass is 281 g/mol. The van der Waals surface area contributed by atoms with Crippen LogP contribution in [0.5, 0.6) is 0 Å². The Bertz CT molecular complexity index is 445. The number of imidazole rings is 1. The molecule has 1 fully saturated rings. The van der Waals surface area contributed by atoms with E-state index in [1.165, 1.54) is 0 Å². The van der Waals surface area contributed by atoms with Gasteiger partial charge < -0.3 is 19.4 Å². The van der Waals surface area contributed by atoms with E-state index in [4.69, 9.17) is 9.47 Å². The summed E-state index contributed by atoms with van der Waals surface area (Å²) in [6.07, 6.45) is 5.04. The van der Waals surface area contributed by atoms with Gasteiger partial charge in [0.2, 0.25) is 0 Å². The molecule has 6 heteroatoms. The number of ether oxygens (including phenoxy) is 2. The minimum atomic E-state index is -0.465. The Labute approximate surface area is 119 Å². The predicted octanol–water partition coefficient (Wildman–Crippen LogP) is 1.91. The molecule has 112 valence electrons. The maximum absolute atomic E-state index is 11.6. The molecule has 6 nitrogen and oxygen atoms in total. The van der Waals surface area contributed by atoms with Gasteiger partial charge in [-0.1, -0.05) is 0 Å². The summed E-state index contributed by atoms with van der Waals surface area (Å²) in [6.45, 7) is 7.63. The van der Waals surface area contributed by atoms with Crippen molar-refractivity contribution in [2.45, 2.75) is 45.3 Å². The Hall–Kier alpha value is -1.56. The van der Waals surface area contributed by atoms with Crippen molar-refractivity contribution >= 4 is 6.09 Å². The lowest BCUT2D eigenvalue weighted by molar-refractivity contribution is 0.0528. The molecule has 1 aromatic rings. The molecule has 2 heterocycles. The highest BCUT2D eigenvalue weighted by molar-refractivity contribution is 5.67. The Morgan fingerprint density at radius 2 is 2.40 bits per heavy atom. The summed E-state index contributed by atoms with van der Waals surface area (Å²) in [6, 6.07) is 0.369. The lowest BCUT2D eigenvalue weighted by atomic mass is 10.2. The number of nitrogens with zero attached hydrogens (tertiary/aromatic N) is 2. The molecule has 1 aliphatic rings. The highest BCUT2D eigenvalue weighted by atomic mass is 16.6. The lowest BCUT2D eigenvalue weighted by Crippen LogP contribution is -2.33. The van der Waals surface area contributed by atoms with Gasteiger partial charge in [-0.2, -0.15) is 0 Å². The van der Waals surface area contributed by atoms with Gasteiger partial charge in [0, 0.05) is 31.5 Å². The first-order chi connectivity index (χ1) is 9.46. The third-order valence-corrected chi connectivity index (χ3v) is 3.09. The summed E-state index contributed by atoms with van der Waals surface area (Å²) >= 11 is 0. The number of rotatable bonds is 4. The van der Waals surface area contributed by atoms with Crippen molar-refractivity contribution in [2.75, 3.05) is 19.8 Å². The minimum absolute atomic E-state index is 0.369. The minimum Gasteiger partial charge on any atom is -0.444 e. The van der Waals surface area contributed by atoms with Gasteiger partial charge in [-0.3, -0.25) is 0 Å². The number of hydrogen-bond acceptors (Lipinski definition) is 4. The Morgan fingerprint density at radius 3 is 3.05 bits per heavy atom. The zero-order valence-corrected chi connectivity index (χ0v) is 12.4. The van der Waals surface area contributed by atoms with Crippen molar-refractivity contribution < 1.29 is 14.3 Å². The number of amides is 1. The Balaban J connectivity index is 1.80. The molecule has 0 aromatic carbocycles. The number of nitrogens with one attached hydrogen (secondary N) is 1. The molecular weight excluding hydrogens is 258 g/mol. The topological polar surface area (TPSA) is 65.4 Å². The predicted molar refractivity (Wildman–Crippen MR) is 74.6 cm³/mol. The van der Waals surface area contributed by atoms with Crippen LogP contribution in [0.1, 0.15) is 38.9 Å². The molecule has 1 aromatic heterocycles. The van der Waals surface area contributed by atoms with E-state index in [-0.39, 0.29) is 6.09 Å². The van der Waals surface area contributed by atoms with Crippen LogP contribution in [0.4, 0.5) is 4.79 Å². The Morgan fingerprint density at radius 1 is 1.60 bits per heavy atom. The highest BCUT2D eigenvalue weighted by Crippen LogP contribution is 2.20. The van der Waals surface area contributed by atoms with Gasteiger partial charge in [0.05, 0.1) is 19.0 Å². The SMILES string of the molecule is CC(C)(C)OC(=O)NCCc1cncn1C1CCOC1. The number of carbonyl (C=O) groups is 1. The third-order valence-electron chi connectivity index (χ3n) is 3.09. The van der Waals surface area contributed by atoms with Crippen LogP contribution in [-0.2, 0) is 15.9 Å². The summed E-state index contributed by atoms with van der Waals surface area (Å²) in [7, 11) is 0. The van der Waals surface area contributed by atoms with Crippen LogP contribution < -0.4 is 5.32 Å². The Kier molecular flexibility index (Phi) is 4.65. The molecule has 0 spiro atoms. The molecule has 1 saturated heterocycles. The molecule has 0 aliphatic carbocycles. The number of aromatic nitrogens is 2. The summed E-state index contributed by atoms with van der Waals surface area (Å²) < 4.78 is 12.7. The molecule has 0 bridgehead atoms. The van der Waals surface area contributed by atoms with E-state index in [0.29, 0.717) is 12.6 Å².